The van der Waals surface area contributed by atoms with Crippen LogP contribution in [0.15, 0.2) is 83.9 Å². The number of methoxy groups -OCH3 is 2. The summed E-state index contributed by atoms with van der Waals surface area (Å²) in [5.41, 5.74) is 9.77. The molecule has 0 aliphatic carbocycles. The molecular formula is C29H22F2N4O5S. The van der Waals surface area contributed by atoms with Crippen LogP contribution in [-0.2, 0) is 14.8 Å². The van der Waals surface area contributed by atoms with Crippen molar-refractivity contribution in [2.24, 2.45) is 0 Å². The van der Waals surface area contributed by atoms with Crippen LogP contribution in [0.2, 0.25) is 0 Å². The minimum absolute atomic E-state index is 0.0457. The molecule has 0 aliphatic rings. The van der Waals surface area contributed by atoms with Gasteiger partial charge in [-0.15, -0.1) is 0 Å². The fraction of sp³-hybridized carbons (Fsp3) is 0.0690. The number of rotatable bonds is 7. The highest BCUT2D eigenvalue weighted by Crippen LogP contribution is 2.34. The van der Waals surface area contributed by atoms with Crippen LogP contribution >= 0.6 is 0 Å². The maximum atomic E-state index is 14.2. The SMILES string of the molecule is COC(=O)c1ccc(-c2cc3cc(-c4cnc(OC)c(NS(=O)(=O)c5ccc(F)cc5F)c4)ccc3nc2N)cc1. The van der Waals surface area contributed by atoms with E-state index in [-0.39, 0.29) is 11.6 Å². The summed E-state index contributed by atoms with van der Waals surface area (Å²) in [5, 5.41) is 0.732. The van der Waals surface area contributed by atoms with Crippen LogP contribution in [0.1, 0.15) is 10.4 Å². The molecule has 0 spiro atoms. The molecule has 0 radical (unpaired) electrons. The van der Waals surface area contributed by atoms with Gasteiger partial charge in [0.2, 0.25) is 5.88 Å². The van der Waals surface area contributed by atoms with Gasteiger partial charge in [-0.25, -0.2) is 32.0 Å². The molecule has 5 rings (SSSR count). The Balaban J connectivity index is 1.52. The third kappa shape index (κ3) is 5.50. The van der Waals surface area contributed by atoms with Crippen molar-refractivity contribution in [1.29, 1.82) is 0 Å². The van der Waals surface area contributed by atoms with Crippen molar-refractivity contribution in [3.63, 3.8) is 0 Å². The zero-order valence-electron chi connectivity index (χ0n) is 21.7. The zero-order valence-corrected chi connectivity index (χ0v) is 22.5. The Morgan fingerprint density at radius 2 is 1.63 bits per heavy atom. The highest BCUT2D eigenvalue weighted by molar-refractivity contribution is 7.92. The molecule has 2 heterocycles. The Labute approximate surface area is 233 Å². The van der Waals surface area contributed by atoms with Gasteiger partial charge < -0.3 is 15.2 Å². The molecule has 0 amide bonds. The second kappa shape index (κ2) is 10.8. The van der Waals surface area contributed by atoms with Gasteiger partial charge in [-0.05, 0) is 59.7 Å². The molecule has 41 heavy (non-hydrogen) atoms. The standard InChI is InChI=1S/C29H22F2N4O5S/c1-39-28-25(35-41(37,38)26-10-8-21(30)14-23(26)31)13-20(15-33-28)18-7-9-24-19(11-18)12-22(27(32)34-24)16-3-5-17(6-4-16)29(36)40-2/h3-15,35H,1-2H3,(H2,32,34). The van der Waals surface area contributed by atoms with Crippen molar-refractivity contribution in [1.82, 2.24) is 9.97 Å². The number of ether oxygens (including phenoxy) is 2. The second-order valence-corrected chi connectivity index (χ2v) is 10.5. The van der Waals surface area contributed by atoms with E-state index in [0.29, 0.717) is 39.7 Å². The summed E-state index contributed by atoms with van der Waals surface area (Å²) in [6, 6.07) is 17.6. The normalized spacial score (nSPS) is 11.3. The van der Waals surface area contributed by atoms with Crippen LogP contribution in [0, 0.1) is 11.6 Å². The summed E-state index contributed by atoms with van der Waals surface area (Å²) < 4.78 is 65.6. The third-order valence-electron chi connectivity index (χ3n) is 6.27. The Morgan fingerprint density at radius 1 is 0.902 bits per heavy atom. The first-order valence-electron chi connectivity index (χ1n) is 12.0. The van der Waals surface area contributed by atoms with Crippen molar-refractivity contribution < 1.29 is 31.5 Å². The molecule has 2 aromatic heterocycles. The largest absolute Gasteiger partial charge is 0.480 e. The molecule has 0 unspecified atom stereocenters. The molecule has 12 heteroatoms. The van der Waals surface area contributed by atoms with E-state index in [1.165, 1.54) is 26.5 Å². The minimum atomic E-state index is -4.44. The van der Waals surface area contributed by atoms with E-state index in [9.17, 15) is 22.0 Å². The summed E-state index contributed by atoms with van der Waals surface area (Å²) in [4.78, 5) is 19.7. The van der Waals surface area contributed by atoms with Crippen molar-refractivity contribution in [3.05, 3.63) is 96.2 Å². The summed E-state index contributed by atoms with van der Waals surface area (Å²) >= 11 is 0. The lowest BCUT2D eigenvalue weighted by Crippen LogP contribution is -2.15. The van der Waals surface area contributed by atoms with Crippen LogP contribution < -0.4 is 15.2 Å². The predicted octanol–water partition coefficient (Wildman–Crippen LogP) is 5.42. The maximum absolute atomic E-state index is 14.2. The van der Waals surface area contributed by atoms with E-state index in [1.54, 1.807) is 36.4 Å². The topological polar surface area (TPSA) is 134 Å². The number of sulfonamides is 1. The number of benzene rings is 3. The Morgan fingerprint density at radius 3 is 2.32 bits per heavy atom. The van der Waals surface area contributed by atoms with Crippen LogP contribution in [0.3, 0.4) is 0 Å². The van der Waals surface area contributed by atoms with E-state index in [2.05, 4.69) is 14.7 Å². The molecule has 0 bridgehead atoms. The number of nitrogens with one attached hydrogen (secondary N) is 1. The van der Waals surface area contributed by atoms with Gasteiger partial charge in [0.25, 0.3) is 10.0 Å². The molecule has 0 aliphatic heterocycles. The lowest BCUT2D eigenvalue weighted by Gasteiger charge is -2.14. The average molecular weight is 577 g/mol. The fourth-order valence-corrected chi connectivity index (χ4v) is 5.35. The molecule has 9 nitrogen and oxygen atoms in total. The van der Waals surface area contributed by atoms with Gasteiger partial charge in [0, 0.05) is 28.8 Å². The van der Waals surface area contributed by atoms with Gasteiger partial charge in [0.15, 0.2) is 0 Å². The lowest BCUT2D eigenvalue weighted by molar-refractivity contribution is 0.0600. The van der Waals surface area contributed by atoms with Gasteiger partial charge in [-0.3, -0.25) is 4.72 Å². The molecule has 0 saturated carbocycles. The summed E-state index contributed by atoms with van der Waals surface area (Å²) in [7, 11) is -1.83. The molecule has 208 valence electrons. The third-order valence-corrected chi connectivity index (χ3v) is 7.67. The van der Waals surface area contributed by atoms with E-state index < -0.39 is 32.5 Å². The maximum Gasteiger partial charge on any atom is 0.337 e. The van der Waals surface area contributed by atoms with Gasteiger partial charge in [0.1, 0.15) is 28.0 Å². The summed E-state index contributed by atoms with van der Waals surface area (Å²) in [5.74, 6) is -2.35. The number of hydrogen-bond donors (Lipinski definition) is 2. The van der Waals surface area contributed by atoms with Crippen molar-refractivity contribution in [2.75, 3.05) is 24.7 Å². The number of carbonyl (C=O) groups is 1. The molecule has 0 atom stereocenters. The molecule has 0 saturated heterocycles. The number of esters is 1. The van der Waals surface area contributed by atoms with Crippen LogP contribution in [0.4, 0.5) is 20.3 Å². The van der Waals surface area contributed by atoms with Gasteiger partial charge >= 0.3 is 5.97 Å². The van der Waals surface area contributed by atoms with E-state index in [0.717, 1.165) is 23.1 Å². The number of nitrogens with zero attached hydrogens (tertiary/aromatic N) is 2. The number of carbonyl (C=O) groups excluding carboxylic acids is 1. The first kappa shape index (κ1) is 27.5. The lowest BCUT2D eigenvalue weighted by atomic mass is 10.00. The number of hydrogen-bond acceptors (Lipinski definition) is 8. The Hall–Kier alpha value is -5.10. The van der Waals surface area contributed by atoms with Crippen LogP contribution in [-0.4, -0.2) is 38.6 Å². The number of halogens is 2. The molecule has 0 fully saturated rings. The molecule has 5 aromatic rings. The van der Waals surface area contributed by atoms with Gasteiger partial charge in [-0.1, -0.05) is 18.2 Å². The van der Waals surface area contributed by atoms with Crippen molar-refractivity contribution >= 4 is 38.4 Å². The minimum Gasteiger partial charge on any atom is -0.480 e. The van der Waals surface area contributed by atoms with E-state index >= 15 is 0 Å². The second-order valence-electron chi connectivity index (χ2n) is 8.86. The predicted molar refractivity (Wildman–Crippen MR) is 150 cm³/mol. The molecule has 3 N–H and O–H groups in total. The number of nitrogen functional groups attached to an aromatic ring is 1. The van der Waals surface area contributed by atoms with Crippen LogP contribution in [0.25, 0.3) is 33.2 Å². The zero-order chi connectivity index (χ0) is 29.3. The number of fused-ring (bicyclic) bond motifs is 1. The number of pyridine rings is 2. The number of aromatic nitrogens is 2. The number of nitrogens with two attached hydrogens (primary N) is 1. The Kier molecular flexibility index (Phi) is 7.24. The molecule has 3 aromatic carbocycles. The van der Waals surface area contributed by atoms with Gasteiger partial charge in [-0.2, -0.15) is 0 Å². The first-order valence-corrected chi connectivity index (χ1v) is 13.5. The summed E-state index contributed by atoms with van der Waals surface area (Å²) in [6.07, 6.45) is 1.49. The van der Waals surface area contributed by atoms with Crippen molar-refractivity contribution in [2.45, 2.75) is 4.90 Å². The highest BCUT2D eigenvalue weighted by atomic mass is 32.2. The Bertz CT molecular complexity index is 1920. The van der Waals surface area contributed by atoms with E-state index in [1.807, 2.05) is 12.1 Å². The highest BCUT2D eigenvalue weighted by Gasteiger charge is 2.22. The van der Waals surface area contributed by atoms with Gasteiger partial charge in [0.05, 0.1) is 25.3 Å². The van der Waals surface area contributed by atoms with Crippen molar-refractivity contribution in [3.8, 4) is 28.1 Å². The smallest absolute Gasteiger partial charge is 0.337 e. The van der Waals surface area contributed by atoms with Crippen LogP contribution in [0.5, 0.6) is 5.88 Å². The quantitative estimate of drug-likeness (QED) is 0.245. The average Bonchev–Trinajstić information content (AvgIpc) is 2.96. The fourth-order valence-electron chi connectivity index (χ4n) is 4.24. The first-order chi connectivity index (χ1) is 19.6. The van der Waals surface area contributed by atoms with E-state index in [4.69, 9.17) is 15.2 Å². The molecular weight excluding hydrogens is 554 g/mol. The summed E-state index contributed by atoms with van der Waals surface area (Å²) in [6.45, 7) is 0. The number of anilines is 2. The monoisotopic (exact) mass is 576 g/mol.